The summed E-state index contributed by atoms with van der Waals surface area (Å²) < 4.78 is 39.8. The number of hydrogen-bond acceptors (Lipinski definition) is 3. The van der Waals surface area contributed by atoms with Gasteiger partial charge in [-0.05, 0) is 26.8 Å². The number of nitrogens with zero attached hydrogens (tertiary/aromatic N) is 1. The van der Waals surface area contributed by atoms with Crippen LogP contribution in [0.25, 0.3) is 0 Å². The second-order valence-electron chi connectivity index (χ2n) is 4.70. The molecule has 0 amide bonds. The van der Waals surface area contributed by atoms with Gasteiger partial charge in [-0.1, -0.05) is 6.92 Å². The fourth-order valence-corrected chi connectivity index (χ4v) is 1.47. The Labute approximate surface area is 101 Å². The van der Waals surface area contributed by atoms with Crippen molar-refractivity contribution in [3.05, 3.63) is 0 Å². The molecule has 0 aliphatic rings. The molecule has 0 bridgehead atoms. The maximum Gasteiger partial charge on any atom is 0.411 e. The summed E-state index contributed by atoms with van der Waals surface area (Å²) in [7, 11) is 0. The predicted octanol–water partition coefficient (Wildman–Crippen LogP) is 2.05. The Morgan fingerprint density at radius 3 is 2.24 bits per heavy atom. The van der Waals surface area contributed by atoms with E-state index in [1.54, 1.807) is 13.8 Å². The number of rotatable bonds is 8. The van der Waals surface area contributed by atoms with E-state index in [-0.39, 0.29) is 6.61 Å². The first-order chi connectivity index (χ1) is 7.64. The van der Waals surface area contributed by atoms with Gasteiger partial charge in [0.05, 0.1) is 5.60 Å². The average Bonchev–Trinajstić information content (AvgIpc) is 2.11. The Balaban J connectivity index is 3.64. The summed E-state index contributed by atoms with van der Waals surface area (Å²) in [6.45, 7) is 6.13. The quantitative estimate of drug-likeness (QED) is 0.675. The van der Waals surface area contributed by atoms with Crippen molar-refractivity contribution in [1.29, 1.82) is 0 Å². The van der Waals surface area contributed by atoms with Crippen molar-refractivity contribution in [2.75, 3.05) is 32.8 Å². The van der Waals surface area contributed by atoms with Crippen molar-refractivity contribution >= 4 is 0 Å². The van der Waals surface area contributed by atoms with E-state index in [0.29, 0.717) is 19.5 Å². The number of aliphatic hydroxyl groups is 1. The fourth-order valence-electron chi connectivity index (χ4n) is 1.47. The van der Waals surface area contributed by atoms with Crippen LogP contribution in [0, 0.1) is 0 Å². The third-order valence-electron chi connectivity index (χ3n) is 2.09. The highest BCUT2D eigenvalue weighted by atomic mass is 19.4. The van der Waals surface area contributed by atoms with Gasteiger partial charge in [0.1, 0.15) is 6.61 Å². The number of hydrogen-bond donors (Lipinski definition) is 1. The highest BCUT2D eigenvalue weighted by Gasteiger charge is 2.27. The Hall–Kier alpha value is -0.330. The smallest absolute Gasteiger partial charge is 0.389 e. The molecule has 104 valence electrons. The van der Waals surface area contributed by atoms with E-state index in [1.165, 1.54) is 0 Å². The molecule has 0 unspecified atom stereocenters. The number of alkyl halides is 3. The molecule has 0 atom stereocenters. The summed E-state index contributed by atoms with van der Waals surface area (Å²) in [4.78, 5) is 1.98. The van der Waals surface area contributed by atoms with E-state index >= 15 is 0 Å². The van der Waals surface area contributed by atoms with Gasteiger partial charge >= 0.3 is 6.18 Å². The minimum absolute atomic E-state index is 0.0852. The molecule has 0 fully saturated rings. The molecule has 0 radical (unpaired) electrons. The zero-order chi connectivity index (χ0) is 13.5. The van der Waals surface area contributed by atoms with E-state index in [0.717, 1.165) is 6.54 Å². The summed E-state index contributed by atoms with van der Waals surface area (Å²) >= 11 is 0. The van der Waals surface area contributed by atoms with Gasteiger partial charge in [0, 0.05) is 19.7 Å². The molecule has 0 aliphatic carbocycles. The molecule has 17 heavy (non-hydrogen) atoms. The Morgan fingerprint density at radius 1 is 1.24 bits per heavy atom. The molecule has 3 nitrogen and oxygen atoms in total. The summed E-state index contributed by atoms with van der Waals surface area (Å²) in [5.74, 6) is 0. The highest BCUT2D eigenvalue weighted by molar-refractivity contribution is 4.71. The van der Waals surface area contributed by atoms with Crippen molar-refractivity contribution in [2.24, 2.45) is 0 Å². The molecule has 0 saturated carbocycles. The van der Waals surface area contributed by atoms with Crippen molar-refractivity contribution in [3.8, 4) is 0 Å². The monoisotopic (exact) mass is 257 g/mol. The van der Waals surface area contributed by atoms with Crippen LogP contribution in [0.5, 0.6) is 0 Å². The van der Waals surface area contributed by atoms with Crippen LogP contribution in [-0.4, -0.2) is 54.6 Å². The van der Waals surface area contributed by atoms with Gasteiger partial charge < -0.3 is 14.7 Å². The molecule has 0 saturated heterocycles. The lowest BCUT2D eigenvalue weighted by molar-refractivity contribution is -0.174. The van der Waals surface area contributed by atoms with Gasteiger partial charge in [0.25, 0.3) is 0 Å². The molecular formula is C11H22F3NO2. The van der Waals surface area contributed by atoms with Gasteiger partial charge in [-0.25, -0.2) is 0 Å². The standard InChI is InChI=1S/C11H22F3NO2/c1-4-15(8-10(2,3)16)6-5-7-17-9-11(12,13)14/h16H,4-9H2,1-3H3. The molecule has 0 aromatic carbocycles. The second kappa shape index (κ2) is 7.18. The highest BCUT2D eigenvalue weighted by Crippen LogP contribution is 2.14. The Kier molecular flexibility index (Phi) is 7.04. The molecular weight excluding hydrogens is 235 g/mol. The molecule has 0 rings (SSSR count). The maximum atomic E-state index is 11.8. The minimum Gasteiger partial charge on any atom is -0.389 e. The Morgan fingerprint density at radius 2 is 1.82 bits per heavy atom. The zero-order valence-corrected chi connectivity index (χ0v) is 10.7. The maximum absolute atomic E-state index is 11.8. The van der Waals surface area contributed by atoms with E-state index in [4.69, 9.17) is 0 Å². The first kappa shape index (κ1) is 16.7. The fraction of sp³-hybridized carbons (Fsp3) is 1.00. The number of halogens is 3. The zero-order valence-electron chi connectivity index (χ0n) is 10.7. The van der Waals surface area contributed by atoms with Gasteiger partial charge in [-0.2, -0.15) is 13.2 Å². The third-order valence-corrected chi connectivity index (χ3v) is 2.09. The van der Waals surface area contributed by atoms with Crippen LogP contribution in [0.2, 0.25) is 0 Å². The van der Waals surface area contributed by atoms with E-state index in [2.05, 4.69) is 4.74 Å². The molecule has 6 heteroatoms. The Bertz CT molecular complexity index is 202. The van der Waals surface area contributed by atoms with Crippen LogP contribution >= 0.6 is 0 Å². The molecule has 0 aromatic rings. The van der Waals surface area contributed by atoms with Crippen LogP contribution < -0.4 is 0 Å². The van der Waals surface area contributed by atoms with E-state index in [9.17, 15) is 18.3 Å². The first-order valence-corrected chi connectivity index (χ1v) is 5.73. The van der Waals surface area contributed by atoms with Gasteiger partial charge in [-0.15, -0.1) is 0 Å². The van der Waals surface area contributed by atoms with Crippen molar-refractivity contribution in [2.45, 2.75) is 39.0 Å². The van der Waals surface area contributed by atoms with Crippen molar-refractivity contribution in [1.82, 2.24) is 4.90 Å². The number of ether oxygens (including phenoxy) is 1. The van der Waals surface area contributed by atoms with E-state index < -0.39 is 18.4 Å². The summed E-state index contributed by atoms with van der Waals surface area (Å²) in [5.41, 5.74) is -0.789. The van der Waals surface area contributed by atoms with Gasteiger partial charge in [0.2, 0.25) is 0 Å². The van der Waals surface area contributed by atoms with E-state index in [1.807, 2.05) is 11.8 Å². The van der Waals surface area contributed by atoms with Crippen molar-refractivity contribution < 1.29 is 23.0 Å². The van der Waals surface area contributed by atoms with Crippen molar-refractivity contribution in [3.63, 3.8) is 0 Å². The average molecular weight is 257 g/mol. The first-order valence-electron chi connectivity index (χ1n) is 5.73. The topological polar surface area (TPSA) is 32.7 Å². The second-order valence-corrected chi connectivity index (χ2v) is 4.70. The lowest BCUT2D eigenvalue weighted by Crippen LogP contribution is -2.39. The summed E-state index contributed by atoms with van der Waals surface area (Å²) in [6, 6.07) is 0. The third kappa shape index (κ3) is 11.9. The van der Waals surface area contributed by atoms with Crippen LogP contribution in [0.3, 0.4) is 0 Å². The SMILES string of the molecule is CCN(CCCOCC(F)(F)F)CC(C)(C)O. The van der Waals surface area contributed by atoms with Crippen LogP contribution in [0.4, 0.5) is 13.2 Å². The lowest BCUT2D eigenvalue weighted by Gasteiger charge is -2.27. The largest absolute Gasteiger partial charge is 0.411 e. The molecule has 0 aliphatic heterocycles. The molecule has 0 heterocycles. The summed E-state index contributed by atoms with van der Waals surface area (Å²) in [5, 5.41) is 9.61. The minimum atomic E-state index is -4.25. The molecule has 0 spiro atoms. The van der Waals surface area contributed by atoms with Crippen LogP contribution in [0.15, 0.2) is 0 Å². The summed E-state index contributed by atoms with van der Waals surface area (Å²) in [6.07, 6.45) is -3.72. The molecule has 0 aromatic heterocycles. The molecule has 1 N–H and O–H groups in total. The van der Waals surface area contributed by atoms with Crippen LogP contribution in [-0.2, 0) is 4.74 Å². The normalized spacial score (nSPS) is 13.4. The number of likely N-dealkylation sites (N-methyl/N-ethyl adjacent to an activating group) is 1. The van der Waals surface area contributed by atoms with Gasteiger partial charge in [-0.3, -0.25) is 0 Å². The predicted molar refractivity (Wildman–Crippen MR) is 59.9 cm³/mol. The van der Waals surface area contributed by atoms with Crippen LogP contribution in [0.1, 0.15) is 27.2 Å². The van der Waals surface area contributed by atoms with Gasteiger partial charge in [0.15, 0.2) is 0 Å². The lowest BCUT2D eigenvalue weighted by atomic mass is 10.1.